The van der Waals surface area contributed by atoms with Crippen molar-refractivity contribution in [3.63, 3.8) is 0 Å². The number of allylic oxidation sites excluding steroid dienone is 9. The number of rotatable bonds is 3. The molecule has 1 aromatic rings. The van der Waals surface area contributed by atoms with E-state index in [0.717, 1.165) is 12.8 Å². The van der Waals surface area contributed by atoms with Gasteiger partial charge in [-0.2, -0.15) is 0 Å². The fraction of sp³-hybridized carbons (Fsp3) is 0.304. The van der Waals surface area contributed by atoms with E-state index in [1.54, 1.807) is 0 Å². The molecule has 0 unspecified atom stereocenters. The zero-order valence-electron chi connectivity index (χ0n) is 14.7. The molecular weight excluding hydrogens is 276 g/mol. The molecule has 23 heavy (non-hydrogen) atoms. The Morgan fingerprint density at radius 2 is 2.00 bits per heavy atom. The molecule has 0 heterocycles. The topological polar surface area (TPSA) is 0 Å². The Morgan fingerprint density at radius 3 is 2.65 bits per heavy atom. The van der Waals surface area contributed by atoms with E-state index in [9.17, 15) is 0 Å². The van der Waals surface area contributed by atoms with Gasteiger partial charge in [0, 0.05) is 5.41 Å². The quantitative estimate of drug-likeness (QED) is 0.602. The third-order valence-corrected chi connectivity index (χ3v) is 5.01. The molecule has 2 aliphatic rings. The molecule has 0 heteroatoms. The summed E-state index contributed by atoms with van der Waals surface area (Å²) in [7, 11) is 0. The van der Waals surface area contributed by atoms with Gasteiger partial charge in [-0.05, 0) is 60.1 Å². The minimum atomic E-state index is -0.0145. The van der Waals surface area contributed by atoms with Gasteiger partial charge in [-0.1, -0.05) is 74.6 Å². The summed E-state index contributed by atoms with van der Waals surface area (Å²) in [4.78, 5) is 0. The normalized spacial score (nSPS) is 19.2. The van der Waals surface area contributed by atoms with Crippen molar-refractivity contribution in [3.8, 4) is 0 Å². The number of benzene rings is 1. The van der Waals surface area contributed by atoms with Crippen LogP contribution in [0.1, 0.15) is 50.3 Å². The lowest BCUT2D eigenvalue weighted by molar-refractivity contribution is 0.647. The first-order chi connectivity index (χ1) is 11.0. The summed E-state index contributed by atoms with van der Waals surface area (Å²) >= 11 is 0. The second-order valence-corrected chi connectivity index (χ2v) is 7.08. The van der Waals surface area contributed by atoms with E-state index in [1.807, 2.05) is 0 Å². The maximum Gasteiger partial charge on any atom is 0.0164 e. The number of fused-ring (bicyclic) bond motifs is 1. The molecule has 0 N–H and O–H groups in total. The van der Waals surface area contributed by atoms with E-state index in [0.29, 0.717) is 0 Å². The summed E-state index contributed by atoms with van der Waals surface area (Å²) < 4.78 is 0. The Hall–Kier alpha value is -2.08. The molecule has 2 aliphatic carbocycles. The number of aryl methyl sites for hydroxylation is 1. The van der Waals surface area contributed by atoms with E-state index in [4.69, 9.17) is 0 Å². The minimum Gasteiger partial charge on any atom is -0.0908 e. The summed E-state index contributed by atoms with van der Waals surface area (Å²) in [5.41, 5.74) is 9.24. The van der Waals surface area contributed by atoms with Crippen LogP contribution in [0.2, 0.25) is 0 Å². The highest BCUT2D eigenvalue weighted by Gasteiger charge is 2.38. The third kappa shape index (κ3) is 2.57. The van der Waals surface area contributed by atoms with Crippen LogP contribution < -0.4 is 0 Å². The standard InChI is InChI=1S/C23H26/c1-6-10-20-19-14-13-16(2)15-21(19)23(4,5)22(20)17(3)18-11-8-7-9-12-18/h6,8,10-15H,3,7,9H2,1-2,4-5H3/b10-6-. The molecule has 0 aromatic heterocycles. The van der Waals surface area contributed by atoms with Crippen LogP contribution in [0.5, 0.6) is 0 Å². The van der Waals surface area contributed by atoms with Gasteiger partial charge in [-0.3, -0.25) is 0 Å². The van der Waals surface area contributed by atoms with Crippen molar-refractivity contribution in [2.45, 2.75) is 46.0 Å². The van der Waals surface area contributed by atoms with Crippen molar-refractivity contribution in [1.29, 1.82) is 0 Å². The summed E-state index contributed by atoms with van der Waals surface area (Å²) in [6.45, 7) is 13.4. The largest absolute Gasteiger partial charge is 0.0908 e. The van der Waals surface area contributed by atoms with Crippen LogP contribution >= 0.6 is 0 Å². The van der Waals surface area contributed by atoms with Crippen molar-refractivity contribution < 1.29 is 0 Å². The highest BCUT2D eigenvalue weighted by Crippen LogP contribution is 2.51. The van der Waals surface area contributed by atoms with E-state index >= 15 is 0 Å². The van der Waals surface area contributed by atoms with Gasteiger partial charge < -0.3 is 0 Å². The maximum absolute atomic E-state index is 4.48. The summed E-state index contributed by atoms with van der Waals surface area (Å²) in [5.74, 6) is 0. The first-order valence-corrected chi connectivity index (χ1v) is 8.52. The van der Waals surface area contributed by atoms with Crippen LogP contribution in [0.4, 0.5) is 0 Å². The summed E-state index contributed by atoms with van der Waals surface area (Å²) in [6, 6.07) is 6.82. The van der Waals surface area contributed by atoms with Gasteiger partial charge in [0.25, 0.3) is 0 Å². The van der Waals surface area contributed by atoms with Crippen LogP contribution in [0.25, 0.3) is 5.57 Å². The Bertz CT molecular complexity index is 776. The third-order valence-electron chi connectivity index (χ3n) is 5.01. The minimum absolute atomic E-state index is 0.0145. The zero-order chi connectivity index (χ0) is 16.6. The lowest BCUT2D eigenvalue weighted by atomic mass is 9.76. The van der Waals surface area contributed by atoms with Gasteiger partial charge in [0.05, 0.1) is 0 Å². The van der Waals surface area contributed by atoms with Gasteiger partial charge in [-0.25, -0.2) is 0 Å². The Labute approximate surface area is 140 Å². The first-order valence-electron chi connectivity index (χ1n) is 8.52. The molecule has 0 amide bonds. The predicted molar refractivity (Wildman–Crippen MR) is 102 cm³/mol. The Balaban J connectivity index is 2.20. The SMILES string of the molecule is C=C(C1=CCCC=C1)C1=C(/C=C\C)c2ccc(C)cc2C1(C)C. The van der Waals surface area contributed by atoms with Gasteiger partial charge in [0.2, 0.25) is 0 Å². The van der Waals surface area contributed by atoms with Gasteiger partial charge in [0.15, 0.2) is 0 Å². The molecule has 0 fully saturated rings. The van der Waals surface area contributed by atoms with Crippen molar-refractivity contribution in [2.75, 3.05) is 0 Å². The average Bonchev–Trinajstić information content (AvgIpc) is 2.75. The molecule has 0 saturated carbocycles. The van der Waals surface area contributed by atoms with E-state index in [-0.39, 0.29) is 5.41 Å². The molecule has 0 atom stereocenters. The molecule has 118 valence electrons. The molecule has 0 nitrogen and oxygen atoms in total. The molecular formula is C23H26. The van der Waals surface area contributed by atoms with Crippen molar-refractivity contribution in [1.82, 2.24) is 0 Å². The fourth-order valence-corrected chi connectivity index (χ4v) is 3.88. The molecule has 0 saturated heterocycles. The van der Waals surface area contributed by atoms with Crippen LogP contribution in [0, 0.1) is 6.92 Å². The summed E-state index contributed by atoms with van der Waals surface area (Å²) in [6.07, 6.45) is 13.5. The average molecular weight is 302 g/mol. The number of hydrogen-bond acceptors (Lipinski definition) is 0. The van der Waals surface area contributed by atoms with Gasteiger partial charge in [-0.15, -0.1) is 0 Å². The van der Waals surface area contributed by atoms with Crippen LogP contribution in [-0.2, 0) is 5.41 Å². The smallest absolute Gasteiger partial charge is 0.0164 e. The van der Waals surface area contributed by atoms with Gasteiger partial charge in [0.1, 0.15) is 0 Å². The van der Waals surface area contributed by atoms with Crippen LogP contribution in [-0.4, -0.2) is 0 Å². The first kappa shape index (κ1) is 15.8. The molecule has 0 bridgehead atoms. The van der Waals surface area contributed by atoms with Gasteiger partial charge >= 0.3 is 0 Å². The van der Waals surface area contributed by atoms with Crippen molar-refractivity contribution >= 4 is 5.57 Å². The van der Waals surface area contributed by atoms with E-state index in [2.05, 4.69) is 82.9 Å². The Kier molecular flexibility index (Phi) is 4.02. The maximum atomic E-state index is 4.48. The monoisotopic (exact) mass is 302 g/mol. The highest BCUT2D eigenvalue weighted by molar-refractivity contribution is 5.90. The lowest BCUT2D eigenvalue weighted by Crippen LogP contribution is -2.19. The van der Waals surface area contributed by atoms with Crippen molar-refractivity contribution in [2.24, 2.45) is 0 Å². The molecule has 0 radical (unpaired) electrons. The summed E-state index contributed by atoms with van der Waals surface area (Å²) in [5, 5.41) is 0. The predicted octanol–water partition coefficient (Wildman–Crippen LogP) is 6.45. The lowest BCUT2D eigenvalue weighted by Gasteiger charge is -2.27. The number of hydrogen-bond donors (Lipinski definition) is 0. The fourth-order valence-electron chi connectivity index (χ4n) is 3.88. The highest BCUT2D eigenvalue weighted by atomic mass is 14.4. The zero-order valence-corrected chi connectivity index (χ0v) is 14.7. The van der Waals surface area contributed by atoms with E-state index in [1.165, 1.54) is 39.0 Å². The van der Waals surface area contributed by atoms with E-state index < -0.39 is 0 Å². The molecule has 0 spiro atoms. The van der Waals surface area contributed by atoms with Crippen LogP contribution in [0.3, 0.4) is 0 Å². The van der Waals surface area contributed by atoms with Crippen molar-refractivity contribution in [3.05, 3.63) is 88.6 Å². The van der Waals surface area contributed by atoms with Crippen LogP contribution in [0.15, 0.2) is 71.9 Å². The second-order valence-electron chi connectivity index (χ2n) is 7.08. The Morgan fingerprint density at radius 1 is 1.22 bits per heavy atom. The second kappa shape index (κ2) is 5.85. The molecule has 0 aliphatic heterocycles. The molecule has 3 rings (SSSR count). The molecule has 1 aromatic carbocycles.